The van der Waals surface area contributed by atoms with Gasteiger partial charge in [-0.05, 0) is 65.6 Å². The zero-order valence-electron chi connectivity index (χ0n) is 25.6. The molecular formula is C35H38ClN3O5S. The molecule has 4 aromatic carbocycles. The van der Waals surface area contributed by atoms with E-state index in [2.05, 4.69) is 5.32 Å². The Hall–Kier alpha value is -4.34. The molecule has 0 aliphatic carbocycles. The molecule has 236 valence electrons. The molecule has 0 heterocycles. The number of benzene rings is 4. The van der Waals surface area contributed by atoms with E-state index in [0.29, 0.717) is 23.0 Å². The van der Waals surface area contributed by atoms with Crippen LogP contribution in [0, 0.1) is 5.92 Å². The highest BCUT2D eigenvalue weighted by Crippen LogP contribution is 2.26. The van der Waals surface area contributed by atoms with Crippen LogP contribution in [0.15, 0.2) is 114 Å². The maximum Gasteiger partial charge on any atom is 0.264 e. The number of anilines is 1. The molecule has 0 saturated heterocycles. The summed E-state index contributed by atoms with van der Waals surface area (Å²) >= 11 is 6.04. The zero-order chi connectivity index (χ0) is 32.4. The lowest BCUT2D eigenvalue weighted by atomic mass is 10.0. The van der Waals surface area contributed by atoms with Gasteiger partial charge in [0, 0.05) is 24.5 Å². The van der Waals surface area contributed by atoms with Gasteiger partial charge in [-0.1, -0.05) is 86.1 Å². The van der Waals surface area contributed by atoms with E-state index in [1.165, 1.54) is 29.2 Å². The molecule has 45 heavy (non-hydrogen) atoms. The third-order valence-electron chi connectivity index (χ3n) is 7.17. The second kappa shape index (κ2) is 15.6. The van der Waals surface area contributed by atoms with Crippen molar-refractivity contribution in [1.82, 2.24) is 10.2 Å². The van der Waals surface area contributed by atoms with Crippen molar-refractivity contribution in [3.8, 4) is 5.75 Å². The number of hydrogen-bond acceptors (Lipinski definition) is 5. The van der Waals surface area contributed by atoms with Crippen LogP contribution in [0.4, 0.5) is 5.69 Å². The Morgan fingerprint density at radius 2 is 1.47 bits per heavy atom. The van der Waals surface area contributed by atoms with Gasteiger partial charge in [0.1, 0.15) is 18.3 Å². The first kappa shape index (κ1) is 33.6. The zero-order valence-corrected chi connectivity index (χ0v) is 27.2. The fourth-order valence-corrected chi connectivity index (χ4v) is 6.34. The number of nitrogens with one attached hydrogen (secondary N) is 1. The summed E-state index contributed by atoms with van der Waals surface area (Å²) in [5, 5.41) is 3.38. The third kappa shape index (κ3) is 9.09. The van der Waals surface area contributed by atoms with Gasteiger partial charge in [0.05, 0.1) is 17.7 Å². The summed E-state index contributed by atoms with van der Waals surface area (Å²) in [6, 6.07) is 30.0. The lowest BCUT2D eigenvalue weighted by Crippen LogP contribution is -2.53. The number of amides is 2. The maximum absolute atomic E-state index is 14.5. The second-order valence-corrected chi connectivity index (χ2v) is 13.3. The minimum absolute atomic E-state index is 0.0154. The molecule has 0 saturated carbocycles. The highest BCUT2D eigenvalue weighted by molar-refractivity contribution is 7.92. The molecule has 0 aliphatic rings. The highest BCUT2D eigenvalue weighted by atomic mass is 35.5. The van der Waals surface area contributed by atoms with Gasteiger partial charge in [-0.15, -0.1) is 0 Å². The van der Waals surface area contributed by atoms with Crippen molar-refractivity contribution < 1.29 is 22.7 Å². The number of nitrogens with zero attached hydrogens (tertiary/aromatic N) is 2. The predicted molar refractivity (Wildman–Crippen MR) is 178 cm³/mol. The van der Waals surface area contributed by atoms with E-state index in [0.717, 1.165) is 15.4 Å². The average Bonchev–Trinajstić information content (AvgIpc) is 3.05. The molecule has 10 heteroatoms. The van der Waals surface area contributed by atoms with Crippen LogP contribution < -0.4 is 14.4 Å². The Morgan fingerprint density at radius 1 is 0.844 bits per heavy atom. The summed E-state index contributed by atoms with van der Waals surface area (Å²) in [6.07, 6.45) is 0.232. The number of rotatable bonds is 14. The summed E-state index contributed by atoms with van der Waals surface area (Å²) in [5.74, 6) is -0.0811. The molecule has 2 amide bonds. The largest absolute Gasteiger partial charge is 0.497 e. The quantitative estimate of drug-likeness (QED) is 0.182. The molecule has 1 N–H and O–H groups in total. The van der Waals surface area contributed by atoms with Gasteiger partial charge < -0.3 is 15.0 Å². The summed E-state index contributed by atoms with van der Waals surface area (Å²) < 4.78 is 34.5. The van der Waals surface area contributed by atoms with Crippen molar-refractivity contribution in [3.05, 3.63) is 125 Å². The SMILES string of the molecule is COc1cccc(CN(C(=O)CN(c2ccccc2)S(=O)(=O)c2ccc(Cl)cc2)C(Cc2ccccc2)C(=O)NCC(C)C)c1. The first-order valence-electron chi connectivity index (χ1n) is 14.7. The fraction of sp³-hybridized carbons (Fsp3) is 0.257. The molecule has 4 rings (SSSR count). The normalized spacial score (nSPS) is 11.9. The van der Waals surface area contributed by atoms with E-state index in [9.17, 15) is 18.0 Å². The summed E-state index contributed by atoms with van der Waals surface area (Å²) in [6.45, 7) is 3.91. The topological polar surface area (TPSA) is 96.0 Å². The van der Waals surface area contributed by atoms with Crippen molar-refractivity contribution in [2.45, 2.75) is 37.8 Å². The Kier molecular flexibility index (Phi) is 11.6. The average molecular weight is 648 g/mol. The maximum atomic E-state index is 14.5. The van der Waals surface area contributed by atoms with Crippen LogP contribution in [0.3, 0.4) is 0 Å². The highest BCUT2D eigenvalue weighted by Gasteiger charge is 2.34. The van der Waals surface area contributed by atoms with Gasteiger partial charge in [-0.25, -0.2) is 8.42 Å². The van der Waals surface area contributed by atoms with Gasteiger partial charge in [-0.2, -0.15) is 0 Å². The lowest BCUT2D eigenvalue weighted by molar-refractivity contribution is -0.140. The molecule has 0 aliphatic heterocycles. The first-order valence-corrected chi connectivity index (χ1v) is 16.5. The van der Waals surface area contributed by atoms with Crippen LogP contribution >= 0.6 is 11.6 Å². The number of carbonyl (C=O) groups excluding carboxylic acids is 2. The molecule has 0 spiro atoms. The van der Waals surface area contributed by atoms with Crippen LogP contribution in [-0.4, -0.2) is 51.4 Å². The molecular weight excluding hydrogens is 610 g/mol. The molecule has 0 radical (unpaired) electrons. The Bertz CT molecular complexity index is 1670. The van der Waals surface area contributed by atoms with Crippen LogP contribution in [-0.2, 0) is 32.6 Å². The van der Waals surface area contributed by atoms with E-state index >= 15 is 0 Å². The van der Waals surface area contributed by atoms with Crippen LogP contribution in [0.1, 0.15) is 25.0 Å². The summed E-state index contributed by atoms with van der Waals surface area (Å²) in [5.41, 5.74) is 1.90. The standard InChI is InChI=1S/C35H38ClN3O5S/c1-26(2)23-37-35(41)33(22-27-11-6-4-7-12-27)38(24-28-13-10-16-31(21-28)44-3)34(40)25-39(30-14-8-5-9-15-30)45(42,43)32-19-17-29(36)18-20-32/h4-21,26,33H,22-25H2,1-3H3,(H,37,41). The van der Waals surface area contributed by atoms with Crippen LogP contribution in [0.5, 0.6) is 5.75 Å². The van der Waals surface area contributed by atoms with Crippen molar-refractivity contribution >= 4 is 39.1 Å². The smallest absolute Gasteiger partial charge is 0.264 e. The molecule has 0 aromatic heterocycles. The molecule has 1 unspecified atom stereocenters. The number of sulfonamides is 1. The Morgan fingerprint density at radius 3 is 2.09 bits per heavy atom. The number of carbonyl (C=O) groups is 2. The van der Waals surface area contributed by atoms with Gasteiger partial charge in [0.15, 0.2) is 0 Å². The molecule has 0 fully saturated rings. The van der Waals surface area contributed by atoms with Gasteiger partial charge >= 0.3 is 0 Å². The number of hydrogen-bond donors (Lipinski definition) is 1. The van der Waals surface area contributed by atoms with E-state index in [4.69, 9.17) is 16.3 Å². The van der Waals surface area contributed by atoms with Gasteiger partial charge in [0.2, 0.25) is 11.8 Å². The summed E-state index contributed by atoms with van der Waals surface area (Å²) in [7, 11) is -2.65. The van der Waals surface area contributed by atoms with Crippen LogP contribution in [0.25, 0.3) is 0 Å². The van der Waals surface area contributed by atoms with Gasteiger partial charge in [0.25, 0.3) is 10.0 Å². The molecule has 1 atom stereocenters. The number of methoxy groups -OCH3 is 1. The van der Waals surface area contributed by atoms with Crippen LogP contribution in [0.2, 0.25) is 5.02 Å². The first-order chi connectivity index (χ1) is 21.6. The van der Waals surface area contributed by atoms with E-state index in [-0.39, 0.29) is 29.7 Å². The third-order valence-corrected chi connectivity index (χ3v) is 9.21. The number of halogens is 1. The van der Waals surface area contributed by atoms with E-state index in [1.807, 2.05) is 56.3 Å². The number of para-hydroxylation sites is 1. The Labute approximate surface area is 270 Å². The van der Waals surface area contributed by atoms with Crippen molar-refractivity contribution in [3.63, 3.8) is 0 Å². The monoisotopic (exact) mass is 647 g/mol. The fourth-order valence-electron chi connectivity index (χ4n) is 4.80. The van der Waals surface area contributed by atoms with Crippen molar-refractivity contribution in [2.24, 2.45) is 5.92 Å². The number of ether oxygens (including phenoxy) is 1. The van der Waals surface area contributed by atoms with Crippen molar-refractivity contribution in [2.75, 3.05) is 24.5 Å². The lowest BCUT2D eigenvalue weighted by Gasteiger charge is -2.34. The van der Waals surface area contributed by atoms with Gasteiger partial charge in [-0.3, -0.25) is 13.9 Å². The van der Waals surface area contributed by atoms with Crippen molar-refractivity contribution in [1.29, 1.82) is 0 Å². The molecule has 4 aromatic rings. The molecule has 8 nitrogen and oxygen atoms in total. The summed E-state index contributed by atoms with van der Waals surface area (Å²) in [4.78, 5) is 29.8. The second-order valence-electron chi connectivity index (χ2n) is 11.0. The van der Waals surface area contributed by atoms with E-state index < -0.39 is 28.5 Å². The predicted octanol–water partition coefficient (Wildman–Crippen LogP) is 5.96. The molecule has 0 bridgehead atoms. The Balaban J connectivity index is 1.79. The van der Waals surface area contributed by atoms with E-state index in [1.54, 1.807) is 49.6 Å². The minimum Gasteiger partial charge on any atom is -0.497 e. The minimum atomic E-state index is -4.20.